The molecular formula is C38H62. The van der Waals surface area contributed by atoms with E-state index in [4.69, 9.17) is 0 Å². The van der Waals surface area contributed by atoms with Crippen LogP contribution in [-0.2, 0) is 10.8 Å². The first-order valence-corrected chi connectivity index (χ1v) is 16.8. The first-order valence-electron chi connectivity index (χ1n) is 16.8. The van der Waals surface area contributed by atoms with Crippen molar-refractivity contribution in [2.75, 3.05) is 0 Å². The molecule has 0 fully saturated rings. The van der Waals surface area contributed by atoms with Crippen molar-refractivity contribution in [3.8, 4) is 0 Å². The molecule has 0 saturated carbocycles. The van der Waals surface area contributed by atoms with Gasteiger partial charge in [0.15, 0.2) is 0 Å². The van der Waals surface area contributed by atoms with Crippen LogP contribution >= 0.6 is 0 Å². The van der Waals surface area contributed by atoms with E-state index in [0.717, 1.165) is 0 Å². The maximum Gasteiger partial charge on any atom is 0.00498 e. The summed E-state index contributed by atoms with van der Waals surface area (Å²) in [4.78, 5) is 0. The van der Waals surface area contributed by atoms with E-state index in [1.807, 2.05) is 0 Å². The highest BCUT2D eigenvalue weighted by Gasteiger charge is 2.51. The molecule has 0 aromatic heterocycles. The molecule has 38 heavy (non-hydrogen) atoms. The van der Waals surface area contributed by atoms with Crippen LogP contribution in [0.25, 0.3) is 0 Å². The Kier molecular flexibility index (Phi) is 16.7. The minimum atomic E-state index is 0.204. The van der Waals surface area contributed by atoms with Crippen LogP contribution in [0.2, 0.25) is 0 Å². The third-order valence-corrected chi connectivity index (χ3v) is 9.40. The van der Waals surface area contributed by atoms with Gasteiger partial charge in [-0.2, -0.15) is 0 Å². The molecule has 0 aliphatic rings. The van der Waals surface area contributed by atoms with E-state index >= 15 is 0 Å². The van der Waals surface area contributed by atoms with Gasteiger partial charge in [0.05, 0.1) is 0 Å². The van der Waals surface area contributed by atoms with E-state index in [-0.39, 0.29) is 10.8 Å². The molecule has 0 nitrogen and oxygen atoms in total. The maximum absolute atomic E-state index is 2.51. The average molecular weight is 519 g/mol. The SMILES string of the molecule is CCCCCCC(CCCCCC)(c1ccccc1)C(CCCCCC)(CCCCCC)c1ccccc1. The van der Waals surface area contributed by atoms with Crippen molar-refractivity contribution < 1.29 is 0 Å². The van der Waals surface area contributed by atoms with Crippen LogP contribution in [0.3, 0.4) is 0 Å². The summed E-state index contributed by atoms with van der Waals surface area (Å²) in [5.41, 5.74) is 3.66. The van der Waals surface area contributed by atoms with Crippen molar-refractivity contribution >= 4 is 0 Å². The van der Waals surface area contributed by atoms with Crippen LogP contribution in [0.5, 0.6) is 0 Å². The molecule has 0 heteroatoms. The largest absolute Gasteiger partial charge is 0.0654 e. The first kappa shape index (κ1) is 32.7. The predicted octanol–water partition coefficient (Wildman–Crippen LogP) is 12.7. The normalized spacial score (nSPS) is 12.2. The van der Waals surface area contributed by atoms with Crippen molar-refractivity contribution in [2.24, 2.45) is 0 Å². The standard InChI is InChI=1S/C38H62/c1-5-9-13-23-31-37(32-24-14-10-6-2,35-27-19-17-20-28-35)38(33-25-15-11-7-3,34-26-16-12-8-4)36-29-21-18-22-30-36/h17-22,27-30H,5-16,23-26,31-34H2,1-4H3. The summed E-state index contributed by atoms with van der Waals surface area (Å²) in [6, 6.07) is 23.8. The van der Waals surface area contributed by atoms with Crippen molar-refractivity contribution in [1.29, 1.82) is 0 Å². The summed E-state index contributed by atoms with van der Waals surface area (Å²) in [6.45, 7) is 9.41. The van der Waals surface area contributed by atoms with E-state index in [1.54, 1.807) is 11.1 Å². The molecule has 0 bridgehead atoms. The van der Waals surface area contributed by atoms with Gasteiger partial charge in [-0.1, -0.05) is 191 Å². The molecule has 0 saturated heterocycles. The van der Waals surface area contributed by atoms with Gasteiger partial charge in [-0.05, 0) is 36.8 Å². The van der Waals surface area contributed by atoms with Gasteiger partial charge in [-0.15, -0.1) is 0 Å². The molecule has 0 aliphatic heterocycles. The second kappa shape index (κ2) is 19.5. The van der Waals surface area contributed by atoms with Gasteiger partial charge in [0, 0.05) is 10.8 Å². The highest BCUT2D eigenvalue weighted by Crippen LogP contribution is 2.56. The molecule has 2 rings (SSSR count). The lowest BCUT2D eigenvalue weighted by molar-refractivity contribution is 0.136. The Balaban J connectivity index is 2.70. The van der Waals surface area contributed by atoms with Gasteiger partial charge in [0.1, 0.15) is 0 Å². The lowest BCUT2D eigenvalue weighted by Gasteiger charge is -2.53. The average Bonchev–Trinajstić information content (AvgIpc) is 2.97. The van der Waals surface area contributed by atoms with Gasteiger partial charge >= 0.3 is 0 Å². The maximum atomic E-state index is 2.51. The van der Waals surface area contributed by atoms with Gasteiger partial charge < -0.3 is 0 Å². The Hall–Kier alpha value is -1.56. The highest BCUT2D eigenvalue weighted by atomic mass is 14.5. The van der Waals surface area contributed by atoms with Crippen LogP contribution in [0, 0.1) is 0 Å². The zero-order chi connectivity index (χ0) is 27.4. The Morgan fingerprint density at radius 3 is 0.842 bits per heavy atom. The summed E-state index contributed by atoms with van der Waals surface area (Å²) in [5, 5.41) is 0. The first-order chi connectivity index (χ1) is 18.7. The molecule has 0 radical (unpaired) electrons. The van der Waals surface area contributed by atoms with Crippen LogP contribution < -0.4 is 0 Å². The van der Waals surface area contributed by atoms with Gasteiger partial charge in [0.25, 0.3) is 0 Å². The molecule has 0 atom stereocenters. The van der Waals surface area contributed by atoms with Crippen LogP contribution in [0.4, 0.5) is 0 Å². The molecule has 2 aromatic carbocycles. The van der Waals surface area contributed by atoms with Gasteiger partial charge in [-0.25, -0.2) is 0 Å². The summed E-state index contributed by atoms with van der Waals surface area (Å²) < 4.78 is 0. The zero-order valence-electron chi connectivity index (χ0n) is 25.9. The number of hydrogen-bond acceptors (Lipinski definition) is 0. The fourth-order valence-electron chi connectivity index (χ4n) is 7.27. The van der Waals surface area contributed by atoms with E-state index in [9.17, 15) is 0 Å². The molecule has 2 aromatic rings. The Bertz CT molecular complexity index is 696. The Labute approximate surface area is 238 Å². The molecule has 214 valence electrons. The summed E-state index contributed by atoms with van der Waals surface area (Å²) in [6.07, 6.45) is 27.0. The number of unbranched alkanes of at least 4 members (excludes halogenated alkanes) is 12. The van der Waals surface area contributed by atoms with E-state index in [1.165, 1.54) is 128 Å². The number of rotatable bonds is 23. The van der Waals surface area contributed by atoms with Crippen molar-refractivity contribution in [3.63, 3.8) is 0 Å². The lowest BCUT2D eigenvalue weighted by atomic mass is 9.50. The number of benzene rings is 2. The smallest absolute Gasteiger partial charge is 0.00498 e. The molecular weight excluding hydrogens is 456 g/mol. The molecule has 0 heterocycles. The van der Waals surface area contributed by atoms with Crippen LogP contribution in [0.15, 0.2) is 60.7 Å². The second-order valence-electron chi connectivity index (χ2n) is 12.1. The Morgan fingerprint density at radius 2 is 0.605 bits per heavy atom. The third kappa shape index (κ3) is 9.57. The fourth-order valence-corrected chi connectivity index (χ4v) is 7.27. The van der Waals surface area contributed by atoms with Crippen molar-refractivity contribution in [2.45, 2.75) is 167 Å². The van der Waals surface area contributed by atoms with Gasteiger partial charge in [0.2, 0.25) is 0 Å². The van der Waals surface area contributed by atoms with Crippen LogP contribution in [0.1, 0.15) is 167 Å². The lowest BCUT2D eigenvalue weighted by Crippen LogP contribution is -2.50. The summed E-state index contributed by atoms with van der Waals surface area (Å²) in [5.74, 6) is 0. The van der Waals surface area contributed by atoms with Crippen molar-refractivity contribution in [3.05, 3.63) is 71.8 Å². The number of hydrogen-bond donors (Lipinski definition) is 0. The van der Waals surface area contributed by atoms with Gasteiger partial charge in [-0.3, -0.25) is 0 Å². The topological polar surface area (TPSA) is 0 Å². The monoisotopic (exact) mass is 518 g/mol. The molecule has 0 amide bonds. The van der Waals surface area contributed by atoms with Crippen LogP contribution in [-0.4, -0.2) is 0 Å². The molecule has 0 N–H and O–H groups in total. The summed E-state index contributed by atoms with van der Waals surface area (Å²) >= 11 is 0. The highest BCUT2D eigenvalue weighted by molar-refractivity contribution is 5.39. The third-order valence-electron chi connectivity index (χ3n) is 9.40. The second-order valence-corrected chi connectivity index (χ2v) is 12.1. The summed E-state index contributed by atoms with van der Waals surface area (Å²) in [7, 11) is 0. The van der Waals surface area contributed by atoms with E-state index < -0.39 is 0 Å². The minimum Gasteiger partial charge on any atom is -0.0654 e. The van der Waals surface area contributed by atoms with Crippen molar-refractivity contribution in [1.82, 2.24) is 0 Å². The fraction of sp³-hybridized carbons (Fsp3) is 0.684. The quantitative estimate of drug-likeness (QED) is 0.128. The predicted molar refractivity (Wildman–Crippen MR) is 171 cm³/mol. The Morgan fingerprint density at radius 1 is 0.342 bits per heavy atom. The molecule has 0 aliphatic carbocycles. The van der Waals surface area contributed by atoms with E-state index in [0.29, 0.717) is 0 Å². The minimum absolute atomic E-state index is 0.204. The molecule has 0 spiro atoms. The zero-order valence-corrected chi connectivity index (χ0v) is 25.9. The molecule has 0 unspecified atom stereocenters. The van der Waals surface area contributed by atoms with E-state index in [2.05, 4.69) is 88.4 Å².